The van der Waals surface area contributed by atoms with E-state index in [1.807, 2.05) is 20.0 Å². The monoisotopic (exact) mass is 391 g/mol. The number of carbonyl (C=O) groups excluding carboxylic acids is 1. The van der Waals surface area contributed by atoms with Gasteiger partial charge in [0.15, 0.2) is 0 Å². The van der Waals surface area contributed by atoms with Gasteiger partial charge in [-0.3, -0.25) is 4.68 Å². The minimum absolute atomic E-state index is 0.0407. The number of aryl methyl sites for hydroxylation is 2. The van der Waals surface area contributed by atoms with Gasteiger partial charge in [-0.15, -0.1) is 0 Å². The van der Waals surface area contributed by atoms with Crippen molar-refractivity contribution >= 4 is 16.1 Å². The fourth-order valence-electron chi connectivity index (χ4n) is 3.08. The lowest BCUT2D eigenvalue weighted by Gasteiger charge is -2.31. The largest absolute Gasteiger partial charge is 0.335 e. The highest BCUT2D eigenvalue weighted by atomic mass is 32.2. The molecule has 2 amide bonds. The topological polar surface area (TPSA) is 96.3 Å². The molecular formula is C18H25N5O3S. The molecule has 0 bridgehead atoms. The van der Waals surface area contributed by atoms with E-state index in [1.165, 1.54) is 4.31 Å². The third-order valence-electron chi connectivity index (χ3n) is 4.80. The Balaban J connectivity index is 1.49. The number of benzene rings is 1. The summed E-state index contributed by atoms with van der Waals surface area (Å²) >= 11 is 0. The molecule has 0 unspecified atom stereocenters. The van der Waals surface area contributed by atoms with Crippen molar-refractivity contribution in [3.63, 3.8) is 0 Å². The summed E-state index contributed by atoms with van der Waals surface area (Å²) in [6, 6.07) is 8.43. The van der Waals surface area contributed by atoms with Crippen LogP contribution >= 0.6 is 0 Å². The fourth-order valence-corrected chi connectivity index (χ4v) is 4.55. The molecule has 2 heterocycles. The number of aromatic nitrogens is 2. The number of nitrogens with one attached hydrogen (secondary N) is 2. The first-order valence-corrected chi connectivity index (χ1v) is 10.4. The number of sulfonamides is 1. The van der Waals surface area contributed by atoms with Gasteiger partial charge in [0, 0.05) is 32.4 Å². The summed E-state index contributed by atoms with van der Waals surface area (Å²) in [6.45, 7) is 3.10. The van der Waals surface area contributed by atoms with E-state index >= 15 is 0 Å². The van der Waals surface area contributed by atoms with Gasteiger partial charge in [-0.25, -0.2) is 13.2 Å². The number of nitrogens with zero attached hydrogens (tertiary/aromatic N) is 3. The van der Waals surface area contributed by atoms with E-state index in [9.17, 15) is 13.2 Å². The second-order valence-electron chi connectivity index (χ2n) is 6.76. The van der Waals surface area contributed by atoms with Crippen molar-refractivity contribution in [3.05, 3.63) is 47.8 Å². The maximum absolute atomic E-state index is 12.7. The zero-order chi connectivity index (χ0) is 19.4. The van der Waals surface area contributed by atoms with E-state index in [-0.39, 0.29) is 12.1 Å². The summed E-state index contributed by atoms with van der Waals surface area (Å²) in [6.07, 6.45) is 2.85. The van der Waals surface area contributed by atoms with Crippen LogP contribution in [0.3, 0.4) is 0 Å². The zero-order valence-electron chi connectivity index (χ0n) is 15.6. The van der Waals surface area contributed by atoms with Crippen molar-refractivity contribution in [1.82, 2.24) is 24.7 Å². The first kappa shape index (κ1) is 19.4. The number of piperidine rings is 1. The lowest BCUT2D eigenvalue weighted by Crippen LogP contribution is -2.49. The summed E-state index contributed by atoms with van der Waals surface area (Å²) in [4.78, 5) is 12.4. The van der Waals surface area contributed by atoms with Crippen LogP contribution in [0.4, 0.5) is 4.79 Å². The van der Waals surface area contributed by atoms with Gasteiger partial charge in [-0.2, -0.15) is 9.40 Å². The molecule has 1 aromatic heterocycles. The Labute approximate surface area is 159 Å². The van der Waals surface area contributed by atoms with Gasteiger partial charge in [0.1, 0.15) is 0 Å². The standard InChI is InChI=1S/C18H25N5O3S/c1-14-3-5-17(6-4-14)27(25,26)23-11-8-15(9-12-23)21-18(24)19-13-16-7-10-20-22(16)2/h3-7,10,15H,8-9,11-13H2,1-2H3,(H2,19,21,24). The molecule has 1 saturated heterocycles. The molecule has 0 spiro atoms. The maximum Gasteiger partial charge on any atom is 0.315 e. The predicted molar refractivity (Wildman–Crippen MR) is 102 cm³/mol. The molecule has 1 aromatic carbocycles. The molecule has 27 heavy (non-hydrogen) atoms. The first-order valence-electron chi connectivity index (χ1n) is 8.94. The minimum Gasteiger partial charge on any atom is -0.335 e. The van der Waals surface area contributed by atoms with Gasteiger partial charge in [-0.05, 0) is 38.0 Å². The van der Waals surface area contributed by atoms with E-state index < -0.39 is 10.0 Å². The molecule has 1 aliphatic heterocycles. The summed E-state index contributed by atoms with van der Waals surface area (Å²) in [5.41, 5.74) is 1.93. The summed E-state index contributed by atoms with van der Waals surface area (Å²) < 4.78 is 28.6. The molecule has 0 saturated carbocycles. The third-order valence-corrected chi connectivity index (χ3v) is 6.71. The van der Waals surface area contributed by atoms with Gasteiger partial charge in [-0.1, -0.05) is 17.7 Å². The molecule has 0 atom stereocenters. The van der Waals surface area contributed by atoms with Gasteiger partial charge in [0.25, 0.3) is 0 Å². The number of urea groups is 1. The van der Waals surface area contributed by atoms with Crippen LogP contribution in [-0.4, -0.2) is 47.7 Å². The van der Waals surface area contributed by atoms with Gasteiger partial charge < -0.3 is 10.6 Å². The summed E-state index contributed by atoms with van der Waals surface area (Å²) in [5.74, 6) is 0. The van der Waals surface area contributed by atoms with Crippen LogP contribution in [0, 0.1) is 6.92 Å². The van der Waals surface area contributed by atoms with E-state index in [4.69, 9.17) is 0 Å². The average molecular weight is 391 g/mol. The highest BCUT2D eigenvalue weighted by Crippen LogP contribution is 2.21. The van der Waals surface area contributed by atoms with E-state index in [0.29, 0.717) is 37.4 Å². The smallest absolute Gasteiger partial charge is 0.315 e. The average Bonchev–Trinajstić information content (AvgIpc) is 3.06. The van der Waals surface area contributed by atoms with E-state index in [0.717, 1.165) is 11.3 Å². The number of hydrogen-bond acceptors (Lipinski definition) is 4. The highest BCUT2D eigenvalue weighted by molar-refractivity contribution is 7.89. The van der Waals surface area contributed by atoms with Crippen molar-refractivity contribution in [1.29, 1.82) is 0 Å². The number of amides is 2. The normalized spacial score (nSPS) is 16.2. The molecule has 2 aromatic rings. The SMILES string of the molecule is Cc1ccc(S(=O)(=O)N2CCC(NC(=O)NCc3ccnn3C)CC2)cc1. The quantitative estimate of drug-likeness (QED) is 0.805. The molecule has 3 rings (SSSR count). The lowest BCUT2D eigenvalue weighted by atomic mass is 10.1. The Morgan fingerprint density at radius 3 is 2.44 bits per heavy atom. The minimum atomic E-state index is -3.48. The highest BCUT2D eigenvalue weighted by Gasteiger charge is 2.29. The van der Waals surface area contributed by atoms with E-state index in [1.54, 1.807) is 35.1 Å². The van der Waals surface area contributed by atoms with Crippen molar-refractivity contribution in [3.8, 4) is 0 Å². The van der Waals surface area contributed by atoms with Gasteiger partial charge in [0.05, 0.1) is 17.1 Å². The van der Waals surface area contributed by atoms with Crippen LogP contribution in [0.5, 0.6) is 0 Å². The number of hydrogen-bond donors (Lipinski definition) is 2. The lowest BCUT2D eigenvalue weighted by molar-refractivity contribution is 0.227. The van der Waals surface area contributed by atoms with Crippen LogP contribution in [0.15, 0.2) is 41.4 Å². The molecule has 1 aliphatic rings. The molecular weight excluding hydrogens is 366 g/mol. The van der Waals surface area contributed by atoms with Crippen molar-refractivity contribution in [2.75, 3.05) is 13.1 Å². The Hall–Kier alpha value is -2.39. The Bertz CT molecular complexity index is 884. The molecule has 2 N–H and O–H groups in total. The predicted octanol–water partition coefficient (Wildman–Crippen LogP) is 1.38. The van der Waals surface area contributed by atoms with Gasteiger partial charge in [0.2, 0.25) is 10.0 Å². The van der Waals surface area contributed by atoms with Crippen LogP contribution in [0.1, 0.15) is 24.1 Å². The summed E-state index contributed by atoms with van der Waals surface area (Å²) in [5, 5.41) is 9.78. The maximum atomic E-state index is 12.7. The molecule has 0 radical (unpaired) electrons. The molecule has 8 nitrogen and oxygen atoms in total. The fraction of sp³-hybridized carbons (Fsp3) is 0.444. The Kier molecular flexibility index (Phi) is 5.81. The molecule has 1 fully saturated rings. The van der Waals surface area contributed by atoms with Crippen molar-refractivity contribution < 1.29 is 13.2 Å². The second-order valence-corrected chi connectivity index (χ2v) is 8.70. The van der Waals surface area contributed by atoms with Crippen LogP contribution < -0.4 is 10.6 Å². The van der Waals surface area contributed by atoms with Gasteiger partial charge >= 0.3 is 6.03 Å². The first-order chi connectivity index (χ1) is 12.9. The molecule has 0 aliphatic carbocycles. The zero-order valence-corrected chi connectivity index (χ0v) is 16.4. The molecule has 146 valence electrons. The van der Waals surface area contributed by atoms with Crippen molar-refractivity contribution in [2.24, 2.45) is 7.05 Å². The third kappa shape index (κ3) is 4.67. The van der Waals surface area contributed by atoms with Crippen molar-refractivity contribution in [2.45, 2.75) is 37.2 Å². The van der Waals surface area contributed by atoms with Crippen LogP contribution in [0.25, 0.3) is 0 Å². The molecule has 9 heteroatoms. The van der Waals surface area contributed by atoms with Crippen LogP contribution in [0.2, 0.25) is 0 Å². The summed E-state index contributed by atoms with van der Waals surface area (Å²) in [7, 11) is -1.66. The Morgan fingerprint density at radius 2 is 1.85 bits per heavy atom. The van der Waals surface area contributed by atoms with E-state index in [2.05, 4.69) is 15.7 Å². The Morgan fingerprint density at radius 1 is 1.19 bits per heavy atom. The number of rotatable bonds is 5. The second kappa shape index (κ2) is 8.10. The van der Waals surface area contributed by atoms with Crippen LogP contribution in [-0.2, 0) is 23.6 Å². The number of carbonyl (C=O) groups is 1.